The maximum atomic E-state index is 12.6. The zero-order chi connectivity index (χ0) is 18.2. The van der Waals surface area contributed by atoms with Crippen molar-refractivity contribution in [2.75, 3.05) is 31.6 Å². The number of sulfonamides is 1. The fourth-order valence-electron chi connectivity index (χ4n) is 3.76. The molecule has 2 aliphatic rings. The monoisotopic (exact) mass is 377 g/mol. The van der Waals surface area contributed by atoms with E-state index in [4.69, 9.17) is 4.74 Å². The van der Waals surface area contributed by atoms with E-state index in [2.05, 4.69) is 15.3 Å². The molecule has 9 heteroatoms. The minimum Gasteiger partial charge on any atom is -0.372 e. The Labute approximate surface area is 153 Å². The highest BCUT2D eigenvalue weighted by molar-refractivity contribution is 7.89. The van der Waals surface area contributed by atoms with Gasteiger partial charge in [0.15, 0.2) is 5.03 Å². The van der Waals surface area contributed by atoms with Crippen molar-refractivity contribution < 1.29 is 13.2 Å². The predicted molar refractivity (Wildman–Crippen MR) is 96.1 cm³/mol. The molecule has 1 N–H and O–H groups in total. The van der Waals surface area contributed by atoms with Crippen LogP contribution in [0.3, 0.4) is 0 Å². The predicted octanol–water partition coefficient (Wildman–Crippen LogP) is 1.10. The molecule has 8 nitrogen and oxygen atoms in total. The summed E-state index contributed by atoms with van der Waals surface area (Å²) in [6, 6.07) is 5.77. The van der Waals surface area contributed by atoms with Crippen LogP contribution in [0.4, 0.5) is 5.82 Å². The Morgan fingerprint density at radius 2 is 2.19 bits per heavy atom. The van der Waals surface area contributed by atoms with E-state index in [1.165, 1.54) is 16.8 Å². The molecular formula is C17H23N5O3S. The molecule has 0 bridgehead atoms. The molecule has 2 aliphatic heterocycles. The SMILES string of the molecule is Cn1cnc(S(=O)(=O)N2CC3(C2)OCC[C@H]3CCNc2ccccn2)c1. The van der Waals surface area contributed by atoms with Crippen LogP contribution in [0, 0.1) is 5.92 Å². The number of aryl methyl sites for hydroxylation is 1. The quantitative estimate of drug-likeness (QED) is 0.811. The normalized spacial score (nSPS) is 22.4. The summed E-state index contributed by atoms with van der Waals surface area (Å²) in [5, 5.41) is 3.41. The minimum absolute atomic E-state index is 0.0983. The minimum atomic E-state index is -3.54. The average molecular weight is 377 g/mol. The lowest BCUT2D eigenvalue weighted by Crippen LogP contribution is -2.66. The van der Waals surface area contributed by atoms with Crippen LogP contribution in [-0.4, -0.2) is 59.1 Å². The van der Waals surface area contributed by atoms with E-state index in [9.17, 15) is 8.42 Å². The molecule has 0 saturated carbocycles. The van der Waals surface area contributed by atoms with Crippen molar-refractivity contribution in [2.24, 2.45) is 13.0 Å². The third-order valence-corrected chi connectivity index (χ3v) is 6.91. The maximum Gasteiger partial charge on any atom is 0.262 e. The van der Waals surface area contributed by atoms with Crippen LogP contribution in [0.15, 0.2) is 41.9 Å². The van der Waals surface area contributed by atoms with E-state index >= 15 is 0 Å². The second-order valence-electron chi connectivity index (χ2n) is 6.98. The summed E-state index contributed by atoms with van der Waals surface area (Å²) in [7, 11) is -1.78. The van der Waals surface area contributed by atoms with E-state index in [0.717, 1.165) is 25.2 Å². The molecule has 1 atom stereocenters. The van der Waals surface area contributed by atoms with E-state index in [0.29, 0.717) is 25.6 Å². The third-order valence-electron chi connectivity index (χ3n) is 5.24. The molecule has 2 fully saturated rings. The van der Waals surface area contributed by atoms with Crippen molar-refractivity contribution in [3.8, 4) is 0 Å². The Morgan fingerprint density at radius 1 is 1.35 bits per heavy atom. The van der Waals surface area contributed by atoms with E-state index < -0.39 is 10.0 Å². The molecule has 2 aromatic heterocycles. The zero-order valence-electron chi connectivity index (χ0n) is 14.7. The highest BCUT2D eigenvalue weighted by atomic mass is 32.2. The Morgan fingerprint density at radius 3 is 2.88 bits per heavy atom. The van der Waals surface area contributed by atoms with E-state index in [1.54, 1.807) is 17.8 Å². The lowest BCUT2D eigenvalue weighted by Gasteiger charge is -2.49. The number of nitrogens with zero attached hydrogens (tertiary/aromatic N) is 4. The van der Waals surface area contributed by atoms with Gasteiger partial charge in [0.2, 0.25) is 0 Å². The molecule has 0 aromatic carbocycles. The van der Waals surface area contributed by atoms with Gasteiger partial charge in [0.25, 0.3) is 10.0 Å². The van der Waals surface area contributed by atoms with Crippen LogP contribution in [0.25, 0.3) is 0 Å². The van der Waals surface area contributed by atoms with Gasteiger partial charge in [0.05, 0.1) is 11.9 Å². The molecule has 2 aromatic rings. The molecule has 4 heterocycles. The summed E-state index contributed by atoms with van der Waals surface area (Å²) >= 11 is 0. The van der Waals surface area contributed by atoms with Crippen LogP contribution in [-0.2, 0) is 21.8 Å². The highest BCUT2D eigenvalue weighted by Gasteiger charge is 2.56. The van der Waals surface area contributed by atoms with Crippen molar-refractivity contribution >= 4 is 15.8 Å². The van der Waals surface area contributed by atoms with E-state index in [1.807, 2.05) is 18.2 Å². The van der Waals surface area contributed by atoms with Gasteiger partial charge in [-0.2, -0.15) is 4.31 Å². The fourth-order valence-corrected chi connectivity index (χ4v) is 5.28. The van der Waals surface area contributed by atoms with Gasteiger partial charge >= 0.3 is 0 Å². The first-order valence-electron chi connectivity index (χ1n) is 8.77. The first kappa shape index (κ1) is 17.4. The fraction of sp³-hybridized carbons (Fsp3) is 0.529. The van der Waals surface area contributed by atoms with Crippen molar-refractivity contribution in [2.45, 2.75) is 23.5 Å². The number of hydrogen-bond acceptors (Lipinski definition) is 6. The summed E-state index contributed by atoms with van der Waals surface area (Å²) in [4.78, 5) is 8.24. The molecular weight excluding hydrogens is 354 g/mol. The van der Waals surface area contributed by atoms with Gasteiger partial charge in [0, 0.05) is 45.7 Å². The average Bonchev–Trinajstić information content (AvgIpc) is 3.21. The Hall–Kier alpha value is -1.97. The van der Waals surface area contributed by atoms with Crippen molar-refractivity contribution in [1.82, 2.24) is 18.8 Å². The lowest BCUT2D eigenvalue weighted by atomic mass is 9.80. The molecule has 0 aliphatic carbocycles. The van der Waals surface area contributed by atoms with Crippen molar-refractivity contribution in [3.63, 3.8) is 0 Å². The maximum absolute atomic E-state index is 12.6. The highest BCUT2D eigenvalue weighted by Crippen LogP contribution is 2.43. The van der Waals surface area contributed by atoms with Crippen LogP contribution in [0.5, 0.6) is 0 Å². The number of imidazole rings is 1. The zero-order valence-corrected chi connectivity index (χ0v) is 15.5. The van der Waals surface area contributed by atoms with Crippen LogP contribution in [0.2, 0.25) is 0 Å². The van der Waals surface area contributed by atoms with Gasteiger partial charge in [-0.25, -0.2) is 18.4 Å². The Balaban J connectivity index is 1.36. The number of ether oxygens (including phenoxy) is 1. The molecule has 26 heavy (non-hydrogen) atoms. The Kier molecular flexibility index (Phi) is 4.45. The summed E-state index contributed by atoms with van der Waals surface area (Å²) < 4.78 is 34.4. The Bertz CT molecular complexity index is 862. The van der Waals surface area contributed by atoms with Gasteiger partial charge in [-0.1, -0.05) is 6.07 Å². The first-order chi connectivity index (χ1) is 12.5. The third kappa shape index (κ3) is 3.10. The largest absolute Gasteiger partial charge is 0.372 e. The molecule has 0 amide bonds. The van der Waals surface area contributed by atoms with Crippen molar-refractivity contribution in [3.05, 3.63) is 36.9 Å². The van der Waals surface area contributed by atoms with Gasteiger partial charge in [-0.15, -0.1) is 0 Å². The number of hydrogen-bond donors (Lipinski definition) is 1. The second kappa shape index (κ2) is 6.64. The lowest BCUT2D eigenvalue weighted by molar-refractivity contribution is -0.102. The van der Waals surface area contributed by atoms with Crippen LogP contribution in [0.1, 0.15) is 12.8 Å². The first-order valence-corrected chi connectivity index (χ1v) is 10.2. The molecule has 2 saturated heterocycles. The smallest absolute Gasteiger partial charge is 0.262 e. The van der Waals surface area contributed by atoms with Gasteiger partial charge in [-0.3, -0.25) is 0 Å². The molecule has 1 spiro atoms. The summed E-state index contributed by atoms with van der Waals surface area (Å²) in [6.45, 7) is 2.28. The standard InChI is InChI=1S/C17H23N5O3S/c1-21-10-16(20-13-21)26(23,24)22-11-17(12-22)14(6-9-25-17)5-8-19-15-4-2-3-7-18-15/h2-4,7,10,13-14H,5-6,8-9,11-12H2,1H3,(H,18,19)/t14-/m1/s1. The molecule has 0 radical (unpaired) electrons. The number of pyridine rings is 1. The number of rotatable bonds is 6. The molecule has 0 unspecified atom stereocenters. The van der Waals surface area contributed by atoms with Gasteiger partial charge in [-0.05, 0) is 30.9 Å². The summed E-state index contributed by atoms with van der Waals surface area (Å²) in [5.74, 6) is 1.20. The topological polar surface area (TPSA) is 89.4 Å². The van der Waals surface area contributed by atoms with Crippen molar-refractivity contribution in [1.29, 1.82) is 0 Å². The molecule has 4 rings (SSSR count). The summed E-state index contributed by atoms with van der Waals surface area (Å²) in [5.41, 5.74) is -0.354. The van der Waals surface area contributed by atoms with Gasteiger partial charge < -0.3 is 14.6 Å². The number of anilines is 1. The van der Waals surface area contributed by atoms with Crippen LogP contribution < -0.4 is 5.32 Å². The van der Waals surface area contributed by atoms with Gasteiger partial charge in [0.1, 0.15) is 5.82 Å². The van der Waals surface area contributed by atoms with E-state index in [-0.39, 0.29) is 10.6 Å². The number of nitrogens with one attached hydrogen (secondary N) is 1. The van der Waals surface area contributed by atoms with Crippen LogP contribution >= 0.6 is 0 Å². The summed E-state index contributed by atoms with van der Waals surface area (Å²) in [6.07, 6.45) is 6.68. The number of aromatic nitrogens is 3. The second-order valence-corrected chi connectivity index (χ2v) is 8.86. The molecule has 140 valence electrons.